The summed E-state index contributed by atoms with van der Waals surface area (Å²) in [6, 6.07) is 1.58. The first-order valence-electron chi connectivity index (χ1n) is 6.23. The van der Waals surface area contributed by atoms with Crippen LogP contribution in [0.25, 0.3) is 0 Å². The average molecular weight is 196 g/mol. The van der Waals surface area contributed by atoms with Crippen LogP contribution in [0.15, 0.2) is 0 Å². The van der Waals surface area contributed by atoms with Gasteiger partial charge in [0.25, 0.3) is 0 Å². The van der Waals surface area contributed by atoms with Crippen molar-refractivity contribution in [3.63, 3.8) is 0 Å². The Hall–Kier alpha value is -0.0800. The smallest absolute Gasteiger partial charge is 0.0110 e. The Balaban J connectivity index is 1.60. The van der Waals surface area contributed by atoms with Crippen molar-refractivity contribution >= 4 is 0 Å². The van der Waals surface area contributed by atoms with Crippen LogP contribution in [0.2, 0.25) is 0 Å². The zero-order valence-electron chi connectivity index (χ0n) is 9.63. The van der Waals surface area contributed by atoms with E-state index in [0.717, 1.165) is 18.0 Å². The van der Waals surface area contributed by atoms with Gasteiger partial charge in [0.1, 0.15) is 0 Å². The minimum Gasteiger partial charge on any atom is -0.313 e. The Kier molecular flexibility index (Phi) is 3.45. The van der Waals surface area contributed by atoms with Gasteiger partial charge in [0, 0.05) is 31.7 Å². The molecule has 2 rings (SSSR count). The van der Waals surface area contributed by atoms with E-state index >= 15 is 0 Å². The van der Waals surface area contributed by atoms with Gasteiger partial charge >= 0.3 is 0 Å². The van der Waals surface area contributed by atoms with Crippen LogP contribution in [0.1, 0.15) is 39.5 Å². The molecule has 0 aromatic rings. The van der Waals surface area contributed by atoms with Crippen molar-refractivity contribution in [3.8, 4) is 0 Å². The second-order valence-corrected chi connectivity index (χ2v) is 5.26. The minimum atomic E-state index is 0.719. The van der Waals surface area contributed by atoms with E-state index in [2.05, 4.69) is 24.1 Å². The van der Waals surface area contributed by atoms with E-state index < -0.39 is 0 Å². The third-order valence-corrected chi connectivity index (χ3v) is 3.33. The molecule has 14 heavy (non-hydrogen) atoms. The molecule has 82 valence electrons. The van der Waals surface area contributed by atoms with Crippen molar-refractivity contribution in [1.29, 1.82) is 0 Å². The molecule has 0 spiro atoms. The summed E-state index contributed by atoms with van der Waals surface area (Å²) in [5, 5.41) is 3.59. The highest BCUT2D eigenvalue weighted by Gasteiger charge is 2.25. The monoisotopic (exact) mass is 196 g/mol. The molecule has 2 nitrogen and oxygen atoms in total. The number of hydrogen-bond donors (Lipinski definition) is 1. The van der Waals surface area contributed by atoms with E-state index in [9.17, 15) is 0 Å². The third-order valence-electron chi connectivity index (χ3n) is 3.33. The molecule has 0 unspecified atom stereocenters. The Morgan fingerprint density at radius 2 is 1.93 bits per heavy atom. The van der Waals surface area contributed by atoms with Gasteiger partial charge in [-0.3, -0.25) is 4.90 Å². The van der Waals surface area contributed by atoms with Crippen LogP contribution in [0.4, 0.5) is 0 Å². The fourth-order valence-electron chi connectivity index (χ4n) is 1.89. The van der Waals surface area contributed by atoms with Crippen LogP contribution in [0.3, 0.4) is 0 Å². The Labute approximate surface area is 88.1 Å². The van der Waals surface area contributed by atoms with Crippen LogP contribution < -0.4 is 5.32 Å². The maximum absolute atomic E-state index is 3.59. The maximum atomic E-state index is 3.59. The van der Waals surface area contributed by atoms with Crippen LogP contribution in [-0.4, -0.2) is 36.6 Å². The molecule has 0 aromatic heterocycles. The molecule has 0 amide bonds. The molecule has 0 radical (unpaired) electrons. The summed E-state index contributed by atoms with van der Waals surface area (Å²) in [5.41, 5.74) is 0. The maximum Gasteiger partial charge on any atom is 0.0110 e. The molecular weight excluding hydrogens is 172 g/mol. The second-order valence-electron chi connectivity index (χ2n) is 5.26. The molecule has 0 bridgehead atoms. The van der Waals surface area contributed by atoms with Gasteiger partial charge in [-0.1, -0.05) is 0 Å². The molecule has 0 aliphatic heterocycles. The van der Waals surface area contributed by atoms with E-state index in [0.29, 0.717) is 0 Å². The molecular formula is C12H24N2. The fraction of sp³-hybridized carbons (Fsp3) is 1.00. The van der Waals surface area contributed by atoms with E-state index in [1.807, 2.05) is 0 Å². The lowest BCUT2D eigenvalue weighted by molar-refractivity contribution is 0.213. The molecule has 2 fully saturated rings. The van der Waals surface area contributed by atoms with Crippen molar-refractivity contribution < 1.29 is 0 Å². The molecule has 0 aromatic carbocycles. The first kappa shape index (κ1) is 10.4. The summed E-state index contributed by atoms with van der Waals surface area (Å²) in [6.07, 6.45) is 5.76. The van der Waals surface area contributed by atoms with Crippen LogP contribution in [0.5, 0.6) is 0 Å². The SMILES string of the molecule is CC(C)N(CCNC1CC1)CC1CC1. The summed E-state index contributed by atoms with van der Waals surface area (Å²) in [7, 11) is 0. The first-order chi connectivity index (χ1) is 6.75. The predicted octanol–water partition coefficient (Wildman–Crippen LogP) is 1.86. The number of nitrogens with one attached hydrogen (secondary N) is 1. The lowest BCUT2D eigenvalue weighted by Gasteiger charge is -2.26. The lowest BCUT2D eigenvalue weighted by Crippen LogP contribution is -2.38. The van der Waals surface area contributed by atoms with Gasteiger partial charge in [-0.2, -0.15) is 0 Å². The van der Waals surface area contributed by atoms with E-state index in [1.54, 1.807) is 0 Å². The van der Waals surface area contributed by atoms with Crippen molar-refractivity contribution in [2.75, 3.05) is 19.6 Å². The van der Waals surface area contributed by atoms with Crippen LogP contribution >= 0.6 is 0 Å². The van der Waals surface area contributed by atoms with E-state index in [4.69, 9.17) is 0 Å². The van der Waals surface area contributed by atoms with Crippen molar-refractivity contribution in [2.24, 2.45) is 5.92 Å². The van der Waals surface area contributed by atoms with Crippen molar-refractivity contribution in [2.45, 2.75) is 51.6 Å². The standard InChI is InChI=1S/C12H24N2/c1-10(2)14(9-11-3-4-11)8-7-13-12-5-6-12/h10-13H,3-9H2,1-2H3. The largest absolute Gasteiger partial charge is 0.313 e. The lowest BCUT2D eigenvalue weighted by atomic mass is 10.2. The van der Waals surface area contributed by atoms with Crippen molar-refractivity contribution in [3.05, 3.63) is 0 Å². The highest BCUT2D eigenvalue weighted by Crippen LogP contribution is 2.30. The summed E-state index contributed by atoms with van der Waals surface area (Å²) in [4.78, 5) is 2.63. The molecule has 2 heteroatoms. The Morgan fingerprint density at radius 3 is 2.43 bits per heavy atom. The van der Waals surface area contributed by atoms with E-state index in [-0.39, 0.29) is 0 Å². The third kappa shape index (κ3) is 3.58. The molecule has 0 heterocycles. The summed E-state index contributed by atoms with van der Waals surface area (Å²) in [6.45, 7) is 8.41. The van der Waals surface area contributed by atoms with Crippen LogP contribution in [-0.2, 0) is 0 Å². The second kappa shape index (κ2) is 4.63. The fourth-order valence-corrected chi connectivity index (χ4v) is 1.89. The van der Waals surface area contributed by atoms with Gasteiger partial charge in [-0.25, -0.2) is 0 Å². The Morgan fingerprint density at radius 1 is 1.21 bits per heavy atom. The van der Waals surface area contributed by atoms with Crippen LogP contribution in [0, 0.1) is 5.92 Å². The highest BCUT2D eigenvalue weighted by atomic mass is 15.2. The molecule has 0 atom stereocenters. The molecule has 2 saturated carbocycles. The predicted molar refractivity (Wildman–Crippen MR) is 60.5 cm³/mol. The molecule has 2 aliphatic carbocycles. The number of rotatable bonds is 7. The zero-order valence-corrected chi connectivity index (χ0v) is 9.63. The first-order valence-corrected chi connectivity index (χ1v) is 6.23. The molecule has 2 aliphatic rings. The summed E-state index contributed by atoms with van der Waals surface area (Å²) >= 11 is 0. The minimum absolute atomic E-state index is 0.719. The topological polar surface area (TPSA) is 15.3 Å². The van der Waals surface area contributed by atoms with Gasteiger partial charge in [-0.05, 0) is 45.4 Å². The van der Waals surface area contributed by atoms with Crippen molar-refractivity contribution in [1.82, 2.24) is 10.2 Å². The quantitative estimate of drug-likeness (QED) is 0.668. The number of nitrogens with zero attached hydrogens (tertiary/aromatic N) is 1. The Bertz CT molecular complexity index is 171. The molecule has 0 saturated heterocycles. The average Bonchev–Trinajstić information content (AvgIpc) is 2.98. The van der Waals surface area contributed by atoms with Gasteiger partial charge < -0.3 is 5.32 Å². The van der Waals surface area contributed by atoms with E-state index in [1.165, 1.54) is 45.3 Å². The van der Waals surface area contributed by atoms with Gasteiger partial charge in [0.15, 0.2) is 0 Å². The normalized spacial score (nSPS) is 22.3. The summed E-state index contributed by atoms with van der Waals surface area (Å²) in [5.74, 6) is 1.03. The van der Waals surface area contributed by atoms with Gasteiger partial charge in [-0.15, -0.1) is 0 Å². The summed E-state index contributed by atoms with van der Waals surface area (Å²) < 4.78 is 0. The highest BCUT2D eigenvalue weighted by molar-refractivity contribution is 4.82. The number of hydrogen-bond acceptors (Lipinski definition) is 2. The zero-order chi connectivity index (χ0) is 9.97. The molecule has 1 N–H and O–H groups in total. The van der Waals surface area contributed by atoms with Gasteiger partial charge in [0.2, 0.25) is 0 Å². The van der Waals surface area contributed by atoms with Gasteiger partial charge in [0.05, 0.1) is 0 Å².